The average molecular weight is 443 g/mol. The van der Waals surface area contributed by atoms with E-state index in [-0.39, 0.29) is 33.5 Å². The summed E-state index contributed by atoms with van der Waals surface area (Å²) < 4.78 is 5.03. The molecule has 0 radical (unpaired) electrons. The fraction of sp³-hybridized carbons (Fsp3) is 0.125. The molecule has 2 N–H and O–H groups in total. The van der Waals surface area contributed by atoms with Gasteiger partial charge in [0.1, 0.15) is 34.3 Å². The Kier molecular flexibility index (Phi) is 6.89. The fourth-order valence-electron chi connectivity index (χ4n) is 3.00. The van der Waals surface area contributed by atoms with Crippen molar-refractivity contribution in [3.05, 3.63) is 70.8 Å². The van der Waals surface area contributed by atoms with Gasteiger partial charge in [-0.1, -0.05) is 53.7 Å². The highest BCUT2D eigenvalue weighted by Crippen LogP contribution is 2.36. The van der Waals surface area contributed by atoms with Crippen LogP contribution >= 0.6 is 11.8 Å². The molecule has 8 heteroatoms. The molecular formula is C24H18N4O3S. The molecule has 1 aromatic heterocycles. The van der Waals surface area contributed by atoms with Crippen LogP contribution in [0.3, 0.4) is 0 Å². The first-order valence-corrected chi connectivity index (χ1v) is 10.5. The number of pyridine rings is 1. The normalized spacial score (nSPS) is 10.1. The molecule has 0 bridgehead atoms. The van der Waals surface area contributed by atoms with Gasteiger partial charge in [-0.15, -0.1) is 0 Å². The number of benzene rings is 2. The van der Waals surface area contributed by atoms with Crippen LogP contribution in [0.4, 0.5) is 5.82 Å². The monoisotopic (exact) mass is 442 g/mol. The first-order chi connectivity index (χ1) is 15.3. The van der Waals surface area contributed by atoms with Crippen molar-refractivity contribution >= 4 is 29.3 Å². The number of carbonyl (C=O) groups is 2. The number of aromatic nitrogens is 1. The molecular weight excluding hydrogens is 424 g/mol. The Morgan fingerprint density at radius 1 is 1.03 bits per heavy atom. The number of Topliss-reactive ketones (excluding diaryl/α,β-unsaturated/α-hetero) is 1. The predicted molar refractivity (Wildman–Crippen MR) is 121 cm³/mol. The van der Waals surface area contributed by atoms with Crippen molar-refractivity contribution in [3.8, 4) is 29.0 Å². The van der Waals surface area contributed by atoms with Crippen molar-refractivity contribution < 1.29 is 14.3 Å². The second-order valence-electron chi connectivity index (χ2n) is 6.85. The van der Waals surface area contributed by atoms with E-state index in [9.17, 15) is 20.1 Å². The van der Waals surface area contributed by atoms with Gasteiger partial charge in [0.05, 0.1) is 11.3 Å². The molecule has 0 unspecified atom stereocenters. The van der Waals surface area contributed by atoms with Crippen LogP contribution in [0.15, 0.2) is 53.6 Å². The number of hydrogen-bond acceptors (Lipinski definition) is 8. The van der Waals surface area contributed by atoms with Crippen LogP contribution in [0.2, 0.25) is 0 Å². The molecule has 0 saturated carbocycles. The number of rotatable bonds is 6. The number of esters is 1. The summed E-state index contributed by atoms with van der Waals surface area (Å²) in [5.74, 6) is -0.218. The lowest BCUT2D eigenvalue weighted by Crippen LogP contribution is -2.06. The molecule has 7 nitrogen and oxygen atoms in total. The second-order valence-corrected chi connectivity index (χ2v) is 7.81. The lowest BCUT2D eigenvalue weighted by molar-refractivity contribution is -0.131. The van der Waals surface area contributed by atoms with Gasteiger partial charge in [-0.05, 0) is 24.6 Å². The molecule has 32 heavy (non-hydrogen) atoms. The Labute approximate surface area is 189 Å². The average Bonchev–Trinajstić information content (AvgIpc) is 2.77. The minimum Gasteiger partial charge on any atom is -0.427 e. The van der Waals surface area contributed by atoms with Gasteiger partial charge in [-0.3, -0.25) is 9.59 Å². The summed E-state index contributed by atoms with van der Waals surface area (Å²) in [6.07, 6.45) is 0. The van der Waals surface area contributed by atoms with Gasteiger partial charge in [0.2, 0.25) is 0 Å². The number of nitrogens with two attached hydrogens (primary N) is 1. The van der Waals surface area contributed by atoms with Gasteiger partial charge in [0, 0.05) is 18.1 Å². The molecule has 1 heterocycles. The van der Waals surface area contributed by atoms with E-state index in [1.54, 1.807) is 36.4 Å². The van der Waals surface area contributed by atoms with E-state index in [0.717, 1.165) is 17.3 Å². The van der Waals surface area contributed by atoms with Crippen molar-refractivity contribution in [2.75, 3.05) is 11.5 Å². The molecule has 3 aromatic rings. The van der Waals surface area contributed by atoms with Crippen LogP contribution in [-0.4, -0.2) is 22.5 Å². The molecule has 158 valence electrons. The number of aryl methyl sites for hydroxylation is 1. The third-order valence-corrected chi connectivity index (χ3v) is 5.51. The Morgan fingerprint density at radius 2 is 1.66 bits per heavy atom. The van der Waals surface area contributed by atoms with Crippen molar-refractivity contribution in [2.45, 2.75) is 18.9 Å². The number of anilines is 1. The largest absolute Gasteiger partial charge is 0.427 e. The first kappa shape index (κ1) is 22.5. The Balaban J connectivity index is 1.98. The highest BCUT2D eigenvalue weighted by Gasteiger charge is 2.21. The van der Waals surface area contributed by atoms with E-state index in [4.69, 9.17) is 10.5 Å². The Morgan fingerprint density at radius 3 is 2.22 bits per heavy atom. The molecule has 0 aliphatic rings. The first-order valence-electron chi connectivity index (χ1n) is 9.49. The summed E-state index contributed by atoms with van der Waals surface area (Å²) in [6.45, 7) is 3.23. The van der Waals surface area contributed by atoms with Gasteiger partial charge >= 0.3 is 5.97 Å². The quantitative estimate of drug-likeness (QED) is 0.259. The Bertz CT molecular complexity index is 1270. The van der Waals surface area contributed by atoms with E-state index in [2.05, 4.69) is 11.1 Å². The SMILES string of the molecule is CC(=O)Oc1ccc(-c2c(C#N)c(N)nc(SCC(=O)c3ccc(C)cc3)c2C#N)cc1. The van der Waals surface area contributed by atoms with E-state index in [1.165, 1.54) is 6.92 Å². The lowest BCUT2D eigenvalue weighted by Gasteiger charge is -2.13. The maximum atomic E-state index is 12.6. The smallest absolute Gasteiger partial charge is 0.308 e. The standard InChI is InChI=1S/C24H18N4O3S/c1-14-3-5-16(6-4-14)21(30)13-32-24-20(12-26)22(19(11-25)23(27)28-24)17-7-9-18(10-8-17)31-15(2)29/h3-10H,13H2,1-2H3,(H2,27,28). The van der Waals surface area contributed by atoms with Gasteiger partial charge in [0.25, 0.3) is 0 Å². The number of thioether (sulfide) groups is 1. The third kappa shape index (κ3) is 4.94. The van der Waals surface area contributed by atoms with Crippen LogP contribution in [0.25, 0.3) is 11.1 Å². The summed E-state index contributed by atoms with van der Waals surface area (Å²) in [4.78, 5) is 27.9. The van der Waals surface area contributed by atoms with Crippen LogP contribution in [-0.2, 0) is 4.79 Å². The van der Waals surface area contributed by atoms with Crippen LogP contribution in [0.5, 0.6) is 5.75 Å². The summed E-state index contributed by atoms with van der Waals surface area (Å²) in [7, 11) is 0. The zero-order valence-electron chi connectivity index (χ0n) is 17.4. The highest BCUT2D eigenvalue weighted by atomic mass is 32.2. The maximum absolute atomic E-state index is 12.6. The van der Waals surface area contributed by atoms with Crippen LogP contribution in [0.1, 0.15) is 34.0 Å². The molecule has 0 atom stereocenters. The molecule has 0 fully saturated rings. The van der Waals surface area contributed by atoms with Crippen LogP contribution in [0, 0.1) is 29.6 Å². The predicted octanol–water partition coefficient (Wildman–Crippen LogP) is 4.28. The maximum Gasteiger partial charge on any atom is 0.308 e. The molecule has 0 aliphatic heterocycles. The van der Waals surface area contributed by atoms with Gasteiger partial charge < -0.3 is 10.5 Å². The topological polar surface area (TPSA) is 130 Å². The molecule has 3 rings (SSSR count). The number of nitriles is 2. The van der Waals surface area contributed by atoms with E-state index in [1.807, 2.05) is 25.1 Å². The van der Waals surface area contributed by atoms with Crippen molar-refractivity contribution in [3.63, 3.8) is 0 Å². The molecule has 0 saturated heterocycles. The summed E-state index contributed by atoms with van der Waals surface area (Å²) in [5, 5.41) is 19.7. The number of carbonyl (C=O) groups excluding carboxylic acids is 2. The van der Waals surface area contributed by atoms with Gasteiger partial charge in [0.15, 0.2) is 5.78 Å². The summed E-state index contributed by atoms with van der Waals surface area (Å²) >= 11 is 1.09. The number of ketones is 1. The summed E-state index contributed by atoms with van der Waals surface area (Å²) in [6, 6.07) is 17.7. The molecule has 0 aliphatic carbocycles. The van der Waals surface area contributed by atoms with Crippen LogP contribution < -0.4 is 10.5 Å². The van der Waals surface area contributed by atoms with E-state index >= 15 is 0 Å². The second kappa shape index (κ2) is 9.78. The molecule has 0 spiro atoms. The zero-order valence-corrected chi connectivity index (χ0v) is 18.2. The highest BCUT2D eigenvalue weighted by molar-refractivity contribution is 8.00. The Hall–Kier alpha value is -4.14. The van der Waals surface area contributed by atoms with Gasteiger partial charge in [-0.2, -0.15) is 10.5 Å². The summed E-state index contributed by atoms with van der Waals surface area (Å²) in [5.41, 5.74) is 8.70. The van der Waals surface area contributed by atoms with Gasteiger partial charge in [-0.25, -0.2) is 4.98 Å². The van der Waals surface area contributed by atoms with Crippen molar-refractivity contribution in [1.82, 2.24) is 4.98 Å². The van der Waals surface area contributed by atoms with E-state index < -0.39 is 5.97 Å². The fourth-order valence-corrected chi connectivity index (χ4v) is 3.89. The number of ether oxygens (including phenoxy) is 1. The lowest BCUT2D eigenvalue weighted by atomic mass is 9.97. The number of hydrogen-bond donors (Lipinski definition) is 1. The molecule has 2 aromatic carbocycles. The third-order valence-electron chi connectivity index (χ3n) is 4.53. The number of nitrogen functional groups attached to an aromatic ring is 1. The van der Waals surface area contributed by atoms with Crippen molar-refractivity contribution in [2.24, 2.45) is 0 Å². The zero-order chi connectivity index (χ0) is 23.3. The van der Waals surface area contributed by atoms with Crippen molar-refractivity contribution in [1.29, 1.82) is 10.5 Å². The van der Waals surface area contributed by atoms with E-state index in [0.29, 0.717) is 22.4 Å². The minimum absolute atomic E-state index is 0.0316. The number of nitrogens with zero attached hydrogens (tertiary/aromatic N) is 3. The molecule has 0 amide bonds. The minimum atomic E-state index is -0.460.